The van der Waals surface area contributed by atoms with Crippen LogP contribution in [0.4, 0.5) is 0 Å². The molecule has 0 aliphatic heterocycles. The molecule has 0 radical (unpaired) electrons. The number of carbonyl (C=O) groups is 2. The molecule has 0 aromatic carbocycles. The Bertz CT molecular complexity index is 222. The van der Waals surface area contributed by atoms with Crippen molar-refractivity contribution in [1.29, 1.82) is 0 Å². The van der Waals surface area contributed by atoms with Crippen LogP contribution in [-0.4, -0.2) is 53.6 Å². The number of carboxylic acid groups (broad SMARTS) is 1. The Morgan fingerprint density at radius 2 is 1.94 bits per heavy atom. The van der Waals surface area contributed by atoms with Gasteiger partial charge in [0.1, 0.15) is 0 Å². The van der Waals surface area contributed by atoms with Gasteiger partial charge in [-0.25, -0.2) is 5.06 Å². The fourth-order valence-electron chi connectivity index (χ4n) is 0.981. The number of hydrogen-bond donors (Lipinski definition) is 3. The maximum Gasteiger partial charge on any atom is 0.303 e. The highest BCUT2D eigenvalue weighted by molar-refractivity contribution is 5.75. The lowest BCUT2D eigenvalue weighted by Crippen LogP contribution is -2.31. The fraction of sp³-hybridized carbons (Fsp3) is 0.778. The van der Waals surface area contributed by atoms with E-state index in [1.807, 2.05) is 0 Å². The molecule has 0 saturated carbocycles. The summed E-state index contributed by atoms with van der Waals surface area (Å²) < 4.78 is 4.97. The van der Waals surface area contributed by atoms with Gasteiger partial charge in [-0.3, -0.25) is 14.8 Å². The monoisotopic (exact) mass is 234 g/mol. The number of nitrogens with two attached hydrogens (primary N) is 1. The van der Waals surface area contributed by atoms with E-state index in [0.717, 1.165) is 0 Å². The number of amides is 1. The molecule has 94 valence electrons. The second kappa shape index (κ2) is 9.08. The lowest BCUT2D eigenvalue weighted by molar-refractivity contribution is -0.168. The highest BCUT2D eigenvalue weighted by Crippen LogP contribution is 1.99. The zero-order valence-corrected chi connectivity index (χ0v) is 9.09. The zero-order chi connectivity index (χ0) is 12.4. The molecule has 0 heterocycles. The Hall–Kier alpha value is -1.18. The van der Waals surface area contributed by atoms with Gasteiger partial charge in [-0.05, 0) is 6.42 Å². The van der Waals surface area contributed by atoms with Crippen LogP contribution >= 0.6 is 0 Å². The first-order valence-corrected chi connectivity index (χ1v) is 5.06. The Morgan fingerprint density at radius 3 is 2.50 bits per heavy atom. The van der Waals surface area contributed by atoms with E-state index in [0.29, 0.717) is 18.2 Å². The largest absolute Gasteiger partial charge is 0.481 e. The number of hydrogen-bond acceptors (Lipinski definition) is 5. The Kier molecular flexibility index (Phi) is 8.41. The number of aliphatic carboxylic acids is 1. The topological polar surface area (TPSA) is 113 Å². The summed E-state index contributed by atoms with van der Waals surface area (Å²) in [5, 5.41) is 18.1. The van der Waals surface area contributed by atoms with E-state index in [1.54, 1.807) is 0 Å². The highest BCUT2D eigenvalue weighted by atomic mass is 16.5. The van der Waals surface area contributed by atoms with Crippen molar-refractivity contribution < 1.29 is 24.6 Å². The van der Waals surface area contributed by atoms with E-state index in [9.17, 15) is 14.8 Å². The van der Waals surface area contributed by atoms with E-state index in [-0.39, 0.29) is 32.4 Å². The van der Waals surface area contributed by atoms with Gasteiger partial charge in [-0.1, -0.05) is 0 Å². The predicted molar refractivity (Wildman–Crippen MR) is 54.9 cm³/mol. The Morgan fingerprint density at radius 1 is 1.25 bits per heavy atom. The van der Waals surface area contributed by atoms with Crippen LogP contribution in [0.1, 0.15) is 19.3 Å². The molecule has 7 heteroatoms. The summed E-state index contributed by atoms with van der Waals surface area (Å²) in [4.78, 5) is 21.4. The van der Waals surface area contributed by atoms with Gasteiger partial charge in [-0.15, -0.1) is 0 Å². The summed E-state index contributed by atoms with van der Waals surface area (Å²) in [6.07, 6.45) is 0.151. The molecule has 0 aromatic rings. The maximum atomic E-state index is 11.2. The minimum absolute atomic E-state index is 0.0136. The van der Waals surface area contributed by atoms with Gasteiger partial charge < -0.3 is 15.6 Å². The molecule has 0 aliphatic rings. The molecule has 0 fully saturated rings. The van der Waals surface area contributed by atoms with Crippen LogP contribution in [0.2, 0.25) is 0 Å². The van der Waals surface area contributed by atoms with Crippen LogP contribution in [-0.2, 0) is 14.3 Å². The SMILES string of the molecule is NCCOCCN(O)C(=O)CCCC(=O)O. The number of carboxylic acids is 1. The zero-order valence-electron chi connectivity index (χ0n) is 9.09. The first kappa shape index (κ1) is 14.8. The molecule has 1 amide bonds. The Balaban J connectivity index is 3.53. The molecule has 0 unspecified atom stereocenters. The van der Waals surface area contributed by atoms with Gasteiger partial charge >= 0.3 is 5.97 Å². The third-order valence-electron chi connectivity index (χ3n) is 1.78. The van der Waals surface area contributed by atoms with Crippen molar-refractivity contribution in [2.75, 3.05) is 26.3 Å². The lowest BCUT2D eigenvalue weighted by Gasteiger charge is -2.14. The molecule has 0 aromatic heterocycles. The molecule has 0 aliphatic carbocycles. The Labute approximate surface area is 93.7 Å². The van der Waals surface area contributed by atoms with E-state index >= 15 is 0 Å². The van der Waals surface area contributed by atoms with Gasteiger partial charge in [0.15, 0.2) is 0 Å². The van der Waals surface area contributed by atoms with Crippen LogP contribution in [0.25, 0.3) is 0 Å². The fourth-order valence-corrected chi connectivity index (χ4v) is 0.981. The first-order chi connectivity index (χ1) is 7.57. The molecule has 0 saturated heterocycles. The van der Waals surface area contributed by atoms with Crippen molar-refractivity contribution >= 4 is 11.9 Å². The minimum Gasteiger partial charge on any atom is -0.481 e. The van der Waals surface area contributed by atoms with Gasteiger partial charge in [0.2, 0.25) is 5.91 Å². The molecule has 4 N–H and O–H groups in total. The molecule has 0 spiro atoms. The third kappa shape index (κ3) is 8.16. The summed E-state index contributed by atoms with van der Waals surface area (Å²) in [6.45, 7) is 1.03. The summed E-state index contributed by atoms with van der Waals surface area (Å²) in [6, 6.07) is 0. The minimum atomic E-state index is -0.955. The van der Waals surface area contributed by atoms with Gasteiger partial charge in [-0.2, -0.15) is 0 Å². The summed E-state index contributed by atoms with van der Waals surface area (Å²) >= 11 is 0. The lowest BCUT2D eigenvalue weighted by atomic mass is 10.2. The molecule has 7 nitrogen and oxygen atoms in total. The number of rotatable bonds is 9. The van der Waals surface area contributed by atoms with Gasteiger partial charge in [0.05, 0.1) is 19.8 Å². The smallest absolute Gasteiger partial charge is 0.303 e. The molecule has 0 bridgehead atoms. The average molecular weight is 234 g/mol. The van der Waals surface area contributed by atoms with Crippen molar-refractivity contribution in [2.24, 2.45) is 5.73 Å². The van der Waals surface area contributed by atoms with E-state index in [4.69, 9.17) is 15.6 Å². The normalized spacial score (nSPS) is 10.1. The maximum absolute atomic E-state index is 11.2. The van der Waals surface area contributed by atoms with E-state index < -0.39 is 11.9 Å². The summed E-state index contributed by atoms with van der Waals surface area (Å²) in [5.74, 6) is -1.46. The van der Waals surface area contributed by atoms with Crippen molar-refractivity contribution in [1.82, 2.24) is 5.06 Å². The van der Waals surface area contributed by atoms with Crippen molar-refractivity contribution in [3.8, 4) is 0 Å². The average Bonchev–Trinajstić information content (AvgIpc) is 2.23. The quantitative estimate of drug-likeness (QED) is 0.280. The van der Waals surface area contributed by atoms with Crippen LogP contribution < -0.4 is 5.73 Å². The third-order valence-corrected chi connectivity index (χ3v) is 1.78. The van der Waals surface area contributed by atoms with Gasteiger partial charge in [0, 0.05) is 19.4 Å². The van der Waals surface area contributed by atoms with Crippen LogP contribution in [0.15, 0.2) is 0 Å². The van der Waals surface area contributed by atoms with E-state index in [1.165, 1.54) is 0 Å². The molecule has 0 atom stereocenters. The van der Waals surface area contributed by atoms with Crippen molar-refractivity contribution in [2.45, 2.75) is 19.3 Å². The second-order valence-corrected chi connectivity index (χ2v) is 3.17. The van der Waals surface area contributed by atoms with Crippen LogP contribution in [0, 0.1) is 0 Å². The highest BCUT2D eigenvalue weighted by Gasteiger charge is 2.10. The van der Waals surface area contributed by atoms with Crippen LogP contribution in [0.3, 0.4) is 0 Å². The standard InChI is InChI=1S/C9H18N2O5/c10-4-6-16-7-5-11(15)8(12)2-1-3-9(13)14/h15H,1-7,10H2,(H,13,14). The number of ether oxygens (including phenoxy) is 1. The number of nitrogens with zero attached hydrogens (tertiary/aromatic N) is 1. The van der Waals surface area contributed by atoms with Crippen molar-refractivity contribution in [3.63, 3.8) is 0 Å². The molecule has 16 heavy (non-hydrogen) atoms. The second-order valence-electron chi connectivity index (χ2n) is 3.17. The number of carbonyl (C=O) groups excluding carboxylic acids is 1. The molecular formula is C9H18N2O5. The predicted octanol–water partition coefficient (Wildman–Crippen LogP) is -0.566. The first-order valence-electron chi connectivity index (χ1n) is 5.06. The molecule has 0 rings (SSSR count). The van der Waals surface area contributed by atoms with Gasteiger partial charge in [0.25, 0.3) is 0 Å². The van der Waals surface area contributed by atoms with Crippen LogP contribution in [0.5, 0.6) is 0 Å². The summed E-state index contributed by atoms with van der Waals surface area (Å²) in [7, 11) is 0. The van der Waals surface area contributed by atoms with Crippen molar-refractivity contribution in [3.05, 3.63) is 0 Å². The van der Waals surface area contributed by atoms with E-state index in [2.05, 4.69) is 0 Å². The number of hydroxylamine groups is 2. The summed E-state index contributed by atoms with van der Waals surface area (Å²) in [5.41, 5.74) is 5.18. The molecular weight excluding hydrogens is 216 g/mol.